The van der Waals surface area contributed by atoms with E-state index in [1.165, 1.54) is 5.56 Å². The van der Waals surface area contributed by atoms with E-state index in [9.17, 15) is 9.59 Å². The Bertz CT molecular complexity index is 784. The summed E-state index contributed by atoms with van der Waals surface area (Å²) in [6.07, 6.45) is 1.86. The van der Waals surface area contributed by atoms with E-state index in [0.29, 0.717) is 24.7 Å². The lowest BCUT2D eigenvalue weighted by molar-refractivity contribution is -0.135. The molecule has 0 spiro atoms. The molecule has 1 aliphatic rings. The second-order valence-electron chi connectivity index (χ2n) is 6.58. The molecule has 2 aromatic rings. The van der Waals surface area contributed by atoms with Gasteiger partial charge in [-0.25, -0.2) is 0 Å². The maximum atomic E-state index is 12.7. The zero-order chi connectivity index (χ0) is 18.7. The Morgan fingerprint density at radius 3 is 2.62 bits per heavy atom. The maximum absolute atomic E-state index is 12.7. The maximum Gasteiger partial charge on any atom is 0.246 e. The van der Waals surface area contributed by atoms with Crippen LogP contribution in [0.4, 0.5) is 5.69 Å². The van der Waals surface area contributed by atoms with Crippen molar-refractivity contribution in [1.82, 2.24) is 15.0 Å². The van der Waals surface area contributed by atoms with Gasteiger partial charge in [0.1, 0.15) is 0 Å². The SMILES string of the molecule is CCc1ccc(N2CC(C(=O)N(C)Cc3nc(CC)no3)CC2=O)cc1. The molecule has 0 N–H and O–H groups in total. The minimum atomic E-state index is -0.355. The predicted octanol–water partition coefficient (Wildman–Crippen LogP) is 2.21. The molecule has 1 aromatic heterocycles. The molecule has 1 fully saturated rings. The zero-order valence-corrected chi connectivity index (χ0v) is 15.4. The van der Waals surface area contributed by atoms with Gasteiger partial charge in [-0.1, -0.05) is 31.1 Å². The van der Waals surface area contributed by atoms with E-state index in [4.69, 9.17) is 4.52 Å². The summed E-state index contributed by atoms with van der Waals surface area (Å²) in [6, 6.07) is 7.92. The third-order valence-electron chi connectivity index (χ3n) is 4.71. The number of nitrogens with zero attached hydrogens (tertiary/aromatic N) is 4. The topological polar surface area (TPSA) is 79.5 Å². The number of anilines is 1. The molecule has 7 heteroatoms. The lowest BCUT2D eigenvalue weighted by atomic mass is 10.1. The van der Waals surface area contributed by atoms with Crippen LogP contribution in [0.1, 0.15) is 37.5 Å². The summed E-state index contributed by atoms with van der Waals surface area (Å²) in [5, 5.41) is 3.84. The molecule has 1 saturated heterocycles. The van der Waals surface area contributed by atoms with Crippen molar-refractivity contribution in [2.45, 2.75) is 39.7 Å². The summed E-state index contributed by atoms with van der Waals surface area (Å²) < 4.78 is 5.14. The second-order valence-corrected chi connectivity index (χ2v) is 6.58. The van der Waals surface area contributed by atoms with E-state index >= 15 is 0 Å². The van der Waals surface area contributed by atoms with Gasteiger partial charge in [-0.2, -0.15) is 4.98 Å². The third kappa shape index (κ3) is 3.76. The van der Waals surface area contributed by atoms with E-state index in [2.05, 4.69) is 17.1 Å². The summed E-state index contributed by atoms with van der Waals surface area (Å²) in [7, 11) is 1.70. The van der Waals surface area contributed by atoms with Crippen molar-refractivity contribution in [1.29, 1.82) is 0 Å². The van der Waals surface area contributed by atoms with Crippen LogP contribution in [-0.2, 0) is 29.0 Å². The predicted molar refractivity (Wildman–Crippen MR) is 96.4 cm³/mol. The van der Waals surface area contributed by atoms with Crippen LogP contribution in [0.25, 0.3) is 0 Å². The fourth-order valence-corrected chi connectivity index (χ4v) is 3.12. The lowest BCUT2D eigenvalue weighted by Gasteiger charge is -2.20. The number of aryl methyl sites for hydroxylation is 2. The van der Waals surface area contributed by atoms with Crippen molar-refractivity contribution >= 4 is 17.5 Å². The molecule has 0 radical (unpaired) electrons. The van der Waals surface area contributed by atoms with Crippen molar-refractivity contribution in [2.75, 3.05) is 18.5 Å². The Morgan fingerprint density at radius 2 is 2.00 bits per heavy atom. The normalized spacial score (nSPS) is 17.0. The number of hydrogen-bond acceptors (Lipinski definition) is 5. The van der Waals surface area contributed by atoms with Crippen LogP contribution in [0.2, 0.25) is 0 Å². The smallest absolute Gasteiger partial charge is 0.246 e. The van der Waals surface area contributed by atoms with Crippen LogP contribution in [0.15, 0.2) is 28.8 Å². The Balaban J connectivity index is 1.63. The van der Waals surface area contributed by atoms with Crippen LogP contribution in [0.5, 0.6) is 0 Å². The largest absolute Gasteiger partial charge is 0.337 e. The van der Waals surface area contributed by atoms with Gasteiger partial charge >= 0.3 is 0 Å². The Labute approximate surface area is 153 Å². The van der Waals surface area contributed by atoms with Crippen LogP contribution in [0.3, 0.4) is 0 Å². The number of aromatic nitrogens is 2. The molecule has 0 aliphatic carbocycles. The van der Waals surface area contributed by atoms with Gasteiger partial charge in [0.25, 0.3) is 0 Å². The second kappa shape index (κ2) is 7.68. The molecule has 1 unspecified atom stereocenters. The average molecular weight is 356 g/mol. The molecule has 2 amide bonds. The number of hydrogen-bond donors (Lipinski definition) is 0. The average Bonchev–Trinajstić information content (AvgIpc) is 3.27. The number of benzene rings is 1. The number of amides is 2. The molecular weight excluding hydrogens is 332 g/mol. The van der Waals surface area contributed by atoms with Gasteiger partial charge in [0.05, 0.1) is 12.5 Å². The summed E-state index contributed by atoms with van der Waals surface area (Å²) in [4.78, 5) is 32.6. The first-order valence-electron chi connectivity index (χ1n) is 8.97. The van der Waals surface area contributed by atoms with Crippen LogP contribution >= 0.6 is 0 Å². The number of carbonyl (C=O) groups excluding carboxylic acids is 2. The van der Waals surface area contributed by atoms with Gasteiger partial charge in [-0.15, -0.1) is 0 Å². The van der Waals surface area contributed by atoms with Crippen molar-refractivity contribution in [3.05, 3.63) is 41.5 Å². The third-order valence-corrected chi connectivity index (χ3v) is 4.71. The Hall–Kier alpha value is -2.70. The van der Waals surface area contributed by atoms with Crippen LogP contribution in [-0.4, -0.2) is 40.4 Å². The van der Waals surface area contributed by atoms with E-state index in [1.807, 2.05) is 31.2 Å². The molecule has 1 atom stereocenters. The van der Waals surface area contributed by atoms with E-state index < -0.39 is 0 Å². The highest BCUT2D eigenvalue weighted by atomic mass is 16.5. The van der Waals surface area contributed by atoms with Crippen molar-refractivity contribution in [3.8, 4) is 0 Å². The standard InChI is InChI=1S/C19H24N4O3/c1-4-13-6-8-15(9-7-13)23-11-14(10-18(23)24)19(25)22(3)12-17-20-16(5-2)21-26-17/h6-9,14H,4-5,10-12H2,1-3H3. The molecule has 0 saturated carbocycles. The first-order valence-corrected chi connectivity index (χ1v) is 8.97. The van der Waals surface area contributed by atoms with E-state index in [0.717, 1.165) is 12.1 Å². The minimum absolute atomic E-state index is 0.0212. The number of carbonyl (C=O) groups is 2. The van der Waals surface area contributed by atoms with Gasteiger partial charge in [0, 0.05) is 32.1 Å². The van der Waals surface area contributed by atoms with E-state index in [-0.39, 0.29) is 30.7 Å². The lowest BCUT2D eigenvalue weighted by Crippen LogP contribution is -2.34. The zero-order valence-electron chi connectivity index (χ0n) is 15.4. The van der Waals surface area contributed by atoms with Crippen molar-refractivity contribution in [2.24, 2.45) is 5.92 Å². The quantitative estimate of drug-likeness (QED) is 0.793. The highest BCUT2D eigenvalue weighted by molar-refractivity contribution is 6.00. The molecule has 138 valence electrons. The fraction of sp³-hybridized carbons (Fsp3) is 0.474. The van der Waals surface area contributed by atoms with Crippen molar-refractivity contribution in [3.63, 3.8) is 0 Å². The molecule has 1 aromatic carbocycles. The molecule has 3 rings (SSSR count). The summed E-state index contributed by atoms with van der Waals surface area (Å²) in [5.41, 5.74) is 2.06. The molecule has 0 bridgehead atoms. The molecule has 26 heavy (non-hydrogen) atoms. The van der Waals surface area contributed by atoms with Crippen LogP contribution in [0, 0.1) is 5.92 Å². The van der Waals surface area contributed by atoms with Crippen molar-refractivity contribution < 1.29 is 14.1 Å². The van der Waals surface area contributed by atoms with Gasteiger partial charge in [-0.05, 0) is 24.1 Å². The first-order chi connectivity index (χ1) is 12.5. The summed E-state index contributed by atoms with van der Waals surface area (Å²) in [6.45, 7) is 4.68. The summed E-state index contributed by atoms with van der Waals surface area (Å²) in [5.74, 6) is 0.578. The van der Waals surface area contributed by atoms with Crippen LogP contribution < -0.4 is 4.90 Å². The monoisotopic (exact) mass is 356 g/mol. The fourth-order valence-electron chi connectivity index (χ4n) is 3.12. The molecule has 2 heterocycles. The van der Waals surface area contributed by atoms with E-state index in [1.54, 1.807) is 16.8 Å². The summed E-state index contributed by atoms with van der Waals surface area (Å²) >= 11 is 0. The van der Waals surface area contributed by atoms with Gasteiger partial charge < -0.3 is 14.3 Å². The molecular formula is C19H24N4O3. The Kier molecular flexibility index (Phi) is 5.35. The minimum Gasteiger partial charge on any atom is -0.337 e. The highest BCUT2D eigenvalue weighted by Gasteiger charge is 2.36. The molecule has 7 nitrogen and oxygen atoms in total. The van der Waals surface area contributed by atoms with Gasteiger partial charge in [0.15, 0.2) is 5.82 Å². The Morgan fingerprint density at radius 1 is 1.27 bits per heavy atom. The molecule has 1 aliphatic heterocycles. The first kappa shape index (κ1) is 18.1. The highest BCUT2D eigenvalue weighted by Crippen LogP contribution is 2.26. The van der Waals surface area contributed by atoms with Gasteiger partial charge in [0.2, 0.25) is 17.7 Å². The van der Waals surface area contributed by atoms with Gasteiger partial charge in [-0.3, -0.25) is 9.59 Å². The number of rotatable bonds is 6.